The van der Waals surface area contributed by atoms with Crippen molar-refractivity contribution >= 4 is 21.7 Å². The standard InChI is InChI=1S/C11H17BrN4/c1-11(2)7-16(5-4-15(11)3)10-9(12)6-13-8-14-10/h6,8H,4-5,7H2,1-3H3. The summed E-state index contributed by atoms with van der Waals surface area (Å²) in [6.07, 6.45) is 3.40. The highest BCUT2D eigenvalue weighted by Crippen LogP contribution is 2.27. The third kappa shape index (κ3) is 2.20. The van der Waals surface area contributed by atoms with Gasteiger partial charge >= 0.3 is 0 Å². The van der Waals surface area contributed by atoms with Crippen molar-refractivity contribution < 1.29 is 0 Å². The van der Waals surface area contributed by atoms with Crippen LogP contribution in [0.3, 0.4) is 0 Å². The van der Waals surface area contributed by atoms with Crippen LogP contribution in [0.4, 0.5) is 5.82 Å². The highest BCUT2D eigenvalue weighted by molar-refractivity contribution is 9.10. The lowest BCUT2D eigenvalue weighted by Gasteiger charge is -2.45. The lowest BCUT2D eigenvalue weighted by atomic mass is 10.00. The van der Waals surface area contributed by atoms with E-state index in [1.54, 1.807) is 12.5 Å². The summed E-state index contributed by atoms with van der Waals surface area (Å²) in [7, 11) is 2.17. The Kier molecular flexibility index (Phi) is 3.17. The third-order valence-corrected chi connectivity index (χ3v) is 3.82. The molecule has 1 aromatic rings. The van der Waals surface area contributed by atoms with Crippen molar-refractivity contribution in [1.82, 2.24) is 14.9 Å². The first-order valence-corrected chi connectivity index (χ1v) is 6.22. The molecule has 0 aromatic carbocycles. The Hall–Kier alpha value is -0.680. The van der Waals surface area contributed by atoms with Gasteiger partial charge in [-0.15, -0.1) is 0 Å². The maximum absolute atomic E-state index is 4.34. The van der Waals surface area contributed by atoms with E-state index in [0.717, 1.165) is 29.9 Å². The fraction of sp³-hybridized carbons (Fsp3) is 0.636. The fourth-order valence-electron chi connectivity index (χ4n) is 1.96. The smallest absolute Gasteiger partial charge is 0.146 e. The molecule has 2 rings (SSSR count). The highest BCUT2D eigenvalue weighted by atomic mass is 79.9. The number of piperazine rings is 1. The summed E-state index contributed by atoms with van der Waals surface area (Å²) in [5.74, 6) is 0.996. The van der Waals surface area contributed by atoms with E-state index in [0.29, 0.717) is 0 Å². The molecule has 1 saturated heterocycles. The minimum Gasteiger partial charge on any atom is -0.352 e. The molecule has 1 aromatic heterocycles. The molecular formula is C11H17BrN4. The van der Waals surface area contributed by atoms with Crippen LogP contribution in [0.2, 0.25) is 0 Å². The van der Waals surface area contributed by atoms with Gasteiger partial charge in [0.2, 0.25) is 0 Å². The highest BCUT2D eigenvalue weighted by Gasteiger charge is 2.32. The fourth-order valence-corrected chi connectivity index (χ4v) is 2.43. The molecule has 0 unspecified atom stereocenters. The summed E-state index contributed by atoms with van der Waals surface area (Å²) >= 11 is 3.50. The number of rotatable bonds is 1. The molecule has 0 bridgehead atoms. The van der Waals surface area contributed by atoms with E-state index >= 15 is 0 Å². The number of likely N-dealkylation sites (N-methyl/N-ethyl adjacent to an activating group) is 1. The molecule has 1 fully saturated rings. The van der Waals surface area contributed by atoms with Gasteiger partial charge in [0.1, 0.15) is 12.1 Å². The molecule has 0 atom stereocenters. The van der Waals surface area contributed by atoms with Crippen LogP contribution >= 0.6 is 15.9 Å². The number of halogens is 1. The van der Waals surface area contributed by atoms with Gasteiger partial charge in [0.25, 0.3) is 0 Å². The zero-order valence-corrected chi connectivity index (χ0v) is 11.5. The monoisotopic (exact) mass is 284 g/mol. The average Bonchev–Trinajstić information content (AvgIpc) is 2.23. The first kappa shape index (κ1) is 11.8. The summed E-state index contributed by atoms with van der Waals surface area (Å²) in [6.45, 7) is 7.57. The molecule has 0 N–H and O–H groups in total. The Balaban J connectivity index is 2.21. The lowest BCUT2D eigenvalue weighted by Crippen LogP contribution is -2.58. The number of hydrogen-bond acceptors (Lipinski definition) is 4. The van der Waals surface area contributed by atoms with E-state index in [1.807, 2.05) is 0 Å². The zero-order chi connectivity index (χ0) is 11.8. The van der Waals surface area contributed by atoms with Gasteiger partial charge in [0, 0.05) is 31.4 Å². The molecule has 2 heterocycles. The SMILES string of the molecule is CN1CCN(c2ncncc2Br)CC1(C)C. The second kappa shape index (κ2) is 4.30. The van der Waals surface area contributed by atoms with Gasteiger partial charge in [-0.1, -0.05) is 0 Å². The first-order valence-electron chi connectivity index (χ1n) is 5.42. The van der Waals surface area contributed by atoms with Gasteiger partial charge in [0.05, 0.1) is 4.47 Å². The van der Waals surface area contributed by atoms with Crippen molar-refractivity contribution in [2.24, 2.45) is 0 Å². The molecule has 4 nitrogen and oxygen atoms in total. The second-order valence-corrected chi connectivity index (χ2v) is 5.70. The number of anilines is 1. The predicted molar refractivity (Wildman–Crippen MR) is 68.7 cm³/mol. The van der Waals surface area contributed by atoms with Gasteiger partial charge in [-0.2, -0.15) is 0 Å². The third-order valence-electron chi connectivity index (χ3n) is 3.26. The van der Waals surface area contributed by atoms with E-state index < -0.39 is 0 Å². The molecule has 16 heavy (non-hydrogen) atoms. The molecule has 1 aliphatic rings. The van der Waals surface area contributed by atoms with Gasteiger partial charge < -0.3 is 4.90 Å². The minimum absolute atomic E-state index is 0.183. The molecule has 0 amide bonds. The van der Waals surface area contributed by atoms with Gasteiger partial charge in [0.15, 0.2) is 0 Å². The summed E-state index contributed by atoms with van der Waals surface area (Å²) in [5, 5.41) is 0. The van der Waals surface area contributed by atoms with Crippen LogP contribution in [0.15, 0.2) is 17.0 Å². The maximum atomic E-state index is 4.34. The molecular weight excluding hydrogens is 268 g/mol. The molecule has 5 heteroatoms. The van der Waals surface area contributed by atoms with Gasteiger partial charge in [-0.25, -0.2) is 9.97 Å². The van der Waals surface area contributed by atoms with E-state index in [2.05, 4.69) is 56.6 Å². The molecule has 0 aliphatic carbocycles. The second-order valence-electron chi connectivity index (χ2n) is 4.85. The zero-order valence-electron chi connectivity index (χ0n) is 9.94. The predicted octanol–water partition coefficient (Wildman–Crippen LogP) is 1.77. The molecule has 1 aliphatic heterocycles. The Morgan fingerprint density at radius 2 is 2.12 bits per heavy atom. The Morgan fingerprint density at radius 3 is 2.75 bits per heavy atom. The first-order chi connectivity index (χ1) is 7.50. The van der Waals surface area contributed by atoms with Gasteiger partial charge in [-0.05, 0) is 36.8 Å². The van der Waals surface area contributed by atoms with E-state index in [-0.39, 0.29) is 5.54 Å². The van der Waals surface area contributed by atoms with Crippen LogP contribution in [0.5, 0.6) is 0 Å². The Labute approximate surface area is 105 Å². The maximum Gasteiger partial charge on any atom is 0.146 e. The topological polar surface area (TPSA) is 32.3 Å². The van der Waals surface area contributed by atoms with Crippen LogP contribution in [0.1, 0.15) is 13.8 Å². The van der Waals surface area contributed by atoms with Crippen LogP contribution in [-0.4, -0.2) is 47.1 Å². The van der Waals surface area contributed by atoms with Crippen LogP contribution in [-0.2, 0) is 0 Å². The van der Waals surface area contributed by atoms with Crippen LogP contribution in [0, 0.1) is 0 Å². The van der Waals surface area contributed by atoms with Crippen molar-refractivity contribution in [3.05, 3.63) is 17.0 Å². The number of aromatic nitrogens is 2. The molecule has 0 spiro atoms. The Bertz CT molecular complexity index is 380. The molecule has 0 saturated carbocycles. The van der Waals surface area contributed by atoms with E-state index in [4.69, 9.17) is 0 Å². The summed E-state index contributed by atoms with van der Waals surface area (Å²) in [6, 6.07) is 0. The largest absolute Gasteiger partial charge is 0.352 e. The quantitative estimate of drug-likeness (QED) is 0.787. The van der Waals surface area contributed by atoms with Gasteiger partial charge in [-0.3, -0.25) is 4.90 Å². The average molecular weight is 285 g/mol. The summed E-state index contributed by atoms with van der Waals surface area (Å²) in [5.41, 5.74) is 0.183. The Morgan fingerprint density at radius 1 is 1.38 bits per heavy atom. The van der Waals surface area contributed by atoms with Crippen molar-refractivity contribution in [3.63, 3.8) is 0 Å². The van der Waals surface area contributed by atoms with Crippen molar-refractivity contribution in [3.8, 4) is 0 Å². The van der Waals surface area contributed by atoms with Crippen LogP contribution < -0.4 is 4.90 Å². The number of nitrogens with zero attached hydrogens (tertiary/aromatic N) is 4. The van der Waals surface area contributed by atoms with Crippen LogP contribution in [0.25, 0.3) is 0 Å². The van der Waals surface area contributed by atoms with Crippen molar-refractivity contribution in [2.75, 3.05) is 31.6 Å². The van der Waals surface area contributed by atoms with Crippen molar-refractivity contribution in [2.45, 2.75) is 19.4 Å². The molecule has 0 radical (unpaired) electrons. The summed E-state index contributed by atoms with van der Waals surface area (Å²) < 4.78 is 0.968. The lowest BCUT2D eigenvalue weighted by molar-refractivity contribution is 0.138. The van der Waals surface area contributed by atoms with E-state index in [9.17, 15) is 0 Å². The summed E-state index contributed by atoms with van der Waals surface area (Å²) in [4.78, 5) is 13.0. The normalized spacial score (nSPS) is 21.1. The van der Waals surface area contributed by atoms with Crippen molar-refractivity contribution in [1.29, 1.82) is 0 Å². The minimum atomic E-state index is 0.183. The van der Waals surface area contributed by atoms with E-state index in [1.165, 1.54) is 0 Å². The number of hydrogen-bond donors (Lipinski definition) is 0. The molecule has 88 valence electrons.